The second-order valence-corrected chi connectivity index (χ2v) is 4.09. The van der Waals surface area contributed by atoms with Gasteiger partial charge in [-0.3, -0.25) is 4.79 Å². The molecule has 2 atom stereocenters. The van der Waals surface area contributed by atoms with Crippen molar-refractivity contribution in [3.8, 4) is 0 Å². The zero-order chi connectivity index (χ0) is 11.4. The normalized spacial score (nSPS) is 23.7. The summed E-state index contributed by atoms with van der Waals surface area (Å²) in [6, 6.07) is 10.0. The van der Waals surface area contributed by atoms with Crippen molar-refractivity contribution in [3.05, 3.63) is 35.9 Å². The van der Waals surface area contributed by atoms with Gasteiger partial charge in [-0.2, -0.15) is 0 Å². The molecule has 16 heavy (non-hydrogen) atoms. The number of carbonyl (C=O) groups is 1. The Morgan fingerprint density at radius 2 is 2.06 bits per heavy atom. The fourth-order valence-corrected chi connectivity index (χ4v) is 1.71. The Morgan fingerprint density at radius 3 is 2.69 bits per heavy atom. The third-order valence-electron chi connectivity index (χ3n) is 2.86. The smallest absolute Gasteiger partial charge is 0.312 e. The van der Waals surface area contributed by atoms with Gasteiger partial charge in [-0.05, 0) is 12.5 Å². The summed E-state index contributed by atoms with van der Waals surface area (Å²) in [5.41, 5.74) is 1.17. The lowest BCUT2D eigenvalue weighted by Gasteiger charge is -2.32. The number of benzene rings is 1. The molecule has 3 heteroatoms. The number of carbonyl (C=O) groups excluding carboxylic acids is 1. The van der Waals surface area contributed by atoms with Gasteiger partial charge in [-0.25, -0.2) is 0 Å². The van der Waals surface area contributed by atoms with E-state index in [0.29, 0.717) is 13.2 Å². The van der Waals surface area contributed by atoms with Gasteiger partial charge in [0.25, 0.3) is 0 Å². The van der Waals surface area contributed by atoms with E-state index in [9.17, 15) is 4.79 Å². The van der Waals surface area contributed by atoms with Crippen LogP contribution in [0.5, 0.6) is 0 Å². The van der Waals surface area contributed by atoms with Crippen molar-refractivity contribution in [1.82, 2.24) is 0 Å². The summed E-state index contributed by atoms with van der Waals surface area (Å²) in [6.45, 7) is 3.15. The van der Waals surface area contributed by atoms with Crippen molar-refractivity contribution in [2.45, 2.75) is 26.1 Å². The second kappa shape index (κ2) is 5.12. The molecule has 0 spiro atoms. The van der Waals surface area contributed by atoms with Crippen LogP contribution in [0.4, 0.5) is 0 Å². The molecule has 0 radical (unpaired) electrons. The van der Waals surface area contributed by atoms with Crippen LogP contribution in [-0.4, -0.2) is 18.7 Å². The van der Waals surface area contributed by atoms with E-state index in [1.807, 2.05) is 37.3 Å². The first-order chi connectivity index (χ1) is 7.77. The van der Waals surface area contributed by atoms with Crippen LogP contribution in [0.15, 0.2) is 30.3 Å². The Labute approximate surface area is 95.4 Å². The average Bonchev–Trinajstić information content (AvgIpc) is 2.34. The predicted molar refractivity (Wildman–Crippen MR) is 59.8 cm³/mol. The van der Waals surface area contributed by atoms with Gasteiger partial charge >= 0.3 is 5.97 Å². The van der Waals surface area contributed by atoms with E-state index in [4.69, 9.17) is 9.47 Å². The Bertz CT molecular complexity index is 347. The number of rotatable bonds is 5. The van der Waals surface area contributed by atoms with E-state index >= 15 is 0 Å². The molecular weight excluding hydrogens is 204 g/mol. The Balaban J connectivity index is 1.61. The van der Waals surface area contributed by atoms with E-state index < -0.39 is 0 Å². The quantitative estimate of drug-likeness (QED) is 0.563. The van der Waals surface area contributed by atoms with Crippen LogP contribution >= 0.6 is 0 Å². The lowest BCUT2D eigenvalue weighted by molar-refractivity contribution is -0.184. The zero-order valence-electron chi connectivity index (χ0n) is 9.39. The van der Waals surface area contributed by atoms with Crippen molar-refractivity contribution in [2.24, 2.45) is 5.92 Å². The number of hydrogen-bond acceptors (Lipinski definition) is 3. The number of esters is 1. The highest BCUT2D eigenvalue weighted by Gasteiger charge is 2.37. The molecule has 0 unspecified atom stereocenters. The summed E-state index contributed by atoms with van der Waals surface area (Å²) < 4.78 is 10.5. The number of cyclic esters (lactones) is 1. The fourth-order valence-electron chi connectivity index (χ4n) is 1.71. The van der Waals surface area contributed by atoms with Gasteiger partial charge in [-0.1, -0.05) is 30.3 Å². The molecule has 1 aliphatic rings. The molecular formula is C13H16O3. The molecule has 0 amide bonds. The first-order valence-electron chi connectivity index (χ1n) is 5.59. The summed E-state index contributed by atoms with van der Waals surface area (Å²) in [5, 5.41) is 0. The van der Waals surface area contributed by atoms with Crippen LogP contribution < -0.4 is 0 Å². The summed E-state index contributed by atoms with van der Waals surface area (Å²) in [5.74, 6) is -0.0478. The van der Waals surface area contributed by atoms with E-state index in [-0.39, 0.29) is 18.0 Å². The lowest BCUT2D eigenvalue weighted by atomic mass is 9.97. The molecule has 2 rings (SSSR count). The zero-order valence-corrected chi connectivity index (χ0v) is 9.39. The van der Waals surface area contributed by atoms with Crippen molar-refractivity contribution in [3.63, 3.8) is 0 Å². The van der Waals surface area contributed by atoms with Gasteiger partial charge in [0.15, 0.2) is 0 Å². The highest BCUT2D eigenvalue weighted by atomic mass is 16.6. The van der Waals surface area contributed by atoms with E-state index in [1.165, 1.54) is 5.56 Å². The standard InChI is InChI=1S/C13H16O3/c1-10-12(16-13(10)14)7-8-15-9-11-5-3-2-4-6-11/h2-6,10,12H,7-9H2,1H3/t10-,12-/m0/s1. The SMILES string of the molecule is C[C@@H]1C(=O)O[C@H]1CCOCc1ccccc1. The topological polar surface area (TPSA) is 35.5 Å². The van der Waals surface area contributed by atoms with E-state index in [2.05, 4.69) is 0 Å². The molecule has 0 aliphatic carbocycles. The third kappa shape index (κ3) is 2.61. The van der Waals surface area contributed by atoms with Crippen LogP contribution in [0.3, 0.4) is 0 Å². The first kappa shape index (κ1) is 11.1. The minimum absolute atomic E-state index is 0.0420. The average molecular weight is 220 g/mol. The van der Waals surface area contributed by atoms with Gasteiger partial charge in [0.05, 0.1) is 19.1 Å². The van der Waals surface area contributed by atoms with Crippen molar-refractivity contribution in [2.75, 3.05) is 6.61 Å². The minimum atomic E-state index is -0.0898. The Kier molecular flexibility index (Phi) is 3.57. The molecule has 1 heterocycles. The van der Waals surface area contributed by atoms with Gasteiger partial charge in [-0.15, -0.1) is 0 Å². The monoisotopic (exact) mass is 220 g/mol. The molecule has 86 valence electrons. The van der Waals surface area contributed by atoms with Gasteiger partial charge in [0, 0.05) is 6.42 Å². The van der Waals surface area contributed by atoms with Crippen LogP contribution in [0.1, 0.15) is 18.9 Å². The molecule has 1 fully saturated rings. The van der Waals surface area contributed by atoms with E-state index in [0.717, 1.165) is 6.42 Å². The van der Waals surface area contributed by atoms with Gasteiger partial charge in [0.1, 0.15) is 6.10 Å². The third-order valence-corrected chi connectivity index (χ3v) is 2.86. The fraction of sp³-hybridized carbons (Fsp3) is 0.462. The number of ether oxygens (including phenoxy) is 2. The summed E-state index contributed by atoms with van der Waals surface area (Å²) in [6.07, 6.45) is 0.850. The largest absolute Gasteiger partial charge is 0.461 e. The number of hydrogen-bond donors (Lipinski definition) is 0. The van der Waals surface area contributed by atoms with Crippen molar-refractivity contribution < 1.29 is 14.3 Å². The molecule has 1 saturated heterocycles. The lowest BCUT2D eigenvalue weighted by Crippen LogP contribution is -2.43. The predicted octanol–water partition coefficient (Wildman–Crippen LogP) is 2.15. The van der Waals surface area contributed by atoms with Crippen molar-refractivity contribution >= 4 is 5.97 Å². The first-order valence-corrected chi connectivity index (χ1v) is 5.59. The summed E-state index contributed by atoms with van der Waals surface area (Å²) >= 11 is 0. The highest BCUT2D eigenvalue weighted by Crippen LogP contribution is 2.24. The molecule has 0 N–H and O–H groups in total. The van der Waals surface area contributed by atoms with Crippen LogP contribution in [0.2, 0.25) is 0 Å². The Hall–Kier alpha value is -1.35. The van der Waals surface area contributed by atoms with Gasteiger partial charge < -0.3 is 9.47 Å². The molecule has 1 aromatic rings. The Morgan fingerprint density at radius 1 is 1.31 bits per heavy atom. The molecule has 0 bridgehead atoms. The maximum absolute atomic E-state index is 10.8. The van der Waals surface area contributed by atoms with Crippen LogP contribution in [0, 0.1) is 5.92 Å². The van der Waals surface area contributed by atoms with Crippen LogP contribution in [-0.2, 0) is 20.9 Å². The summed E-state index contributed by atoms with van der Waals surface area (Å²) in [7, 11) is 0. The second-order valence-electron chi connectivity index (χ2n) is 4.09. The maximum atomic E-state index is 10.8. The van der Waals surface area contributed by atoms with Crippen molar-refractivity contribution in [1.29, 1.82) is 0 Å². The van der Waals surface area contributed by atoms with Gasteiger partial charge in [0.2, 0.25) is 0 Å². The molecule has 0 saturated carbocycles. The molecule has 3 nitrogen and oxygen atoms in total. The molecule has 1 aliphatic heterocycles. The highest BCUT2D eigenvalue weighted by molar-refractivity contribution is 5.77. The van der Waals surface area contributed by atoms with E-state index in [1.54, 1.807) is 0 Å². The maximum Gasteiger partial charge on any atom is 0.312 e. The summed E-state index contributed by atoms with van der Waals surface area (Å²) in [4.78, 5) is 10.8. The molecule has 0 aromatic heterocycles. The molecule has 1 aromatic carbocycles. The van der Waals surface area contributed by atoms with Crippen LogP contribution in [0.25, 0.3) is 0 Å². The minimum Gasteiger partial charge on any atom is -0.461 e.